The summed E-state index contributed by atoms with van der Waals surface area (Å²) in [5.74, 6) is 0.109. The minimum Gasteiger partial charge on any atom is -0.427 e. The topological polar surface area (TPSA) is 57.0 Å². The lowest BCUT2D eigenvalue weighted by molar-refractivity contribution is -0.131. The van der Waals surface area contributed by atoms with E-state index in [1.807, 2.05) is 78.6 Å². The van der Waals surface area contributed by atoms with Crippen molar-refractivity contribution in [1.82, 2.24) is 14.8 Å². The molecule has 2 heterocycles. The molecule has 0 atom stereocenters. The van der Waals surface area contributed by atoms with Crippen LogP contribution in [0.5, 0.6) is 5.75 Å². The molecule has 5 nitrogen and oxygen atoms in total. The first-order valence-electron chi connectivity index (χ1n) is 8.30. The Bertz CT molecular complexity index is 1080. The number of para-hydroxylation sites is 1. The van der Waals surface area contributed by atoms with Gasteiger partial charge in [0.25, 0.3) is 0 Å². The number of rotatable bonds is 3. The third kappa shape index (κ3) is 2.95. The zero-order valence-corrected chi connectivity index (χ0v) is 14.5. The normalized spacial score (nSPS) is 10.8. The number of hydrogen-bond donors (Lipinski definition) is 0. The van der Waals surface area contributed by atoms with Crippen LogP contribution in [0.1, 0.15) is 12.5 Å². The third-order valence-electron chi connectivity index (χ3n) is 4.11. The van der Waals surface area contributed by atoms with Crippen LogP contribution in [0, 0.1) is 6.92 Å². The second-order valence-corrected chi connectivity index (χ2v) is 6.11. The number of ether oxygens (including phenoxy) is 1. The number of carbonyl (C=O) groups is 1. The first-order chi connectivity index (χ1) is 12.6. The van der Waals surface area contributed by atoms with E-state index in [1.165, 1.54) is 6.92 Å². The van der Waals surface area contributed by atoms with Crippen LogP contribution in [0.25, 0.3) is 27.8 Å². The van der Waals surface area contributed by atoms with Gasteiger partial charge in [-0.25, -0.2) is 4.68 Å². The number of fused-ring (bicyclic) bond motifs is 1. The Kier molecular flexibility index (Phi) is 3.97. The van der Waals surface area contributed by atoms with Gasteiger partial charge < -0.3 is 4.74 Å². The maximum atomic E-state index is 11.5. The van der Waals surface area contributed by atoms with Gasteiger partial charge in [0.05, 0.1) is 23.1 Å². The molecule has 0 spiro atoms. The number of hydrogen-bond acceptors (Lipinski definition) is 4. The molecule has 0 bridgehead atoms. The molecule has 0 aliphatic rings. The molecule has 0 N–H and O–H groups in total. The van der Waals surface area contributed by atoms with Gasteiger partial charge in [0.15, 0.2) is 0 Å². The first-order valence-corrected chi connectivity index (χ1v) is 8.30. The molecule has 128 valence electrons. The van der Waals surface area contributed by atoms with Crippen molar-refractivity contribution in [3.05, 3.63) is 72.6 Å². The van der Waals surface area contributed by atoms with Crippen molar-refractivity contribution < 1.29 is 9.53 Å². The van der Waals surface area contributed by atoms with Gasteiger partial charge in [0.2, 0.25) is 0 Å². The molecule has 2 aromatic heterocycles. The number of pyridine rings is 1. The summed E-state index contributed by atoms with van der Waals surface area (Å²) in [5.41, 5.74) is 4.56. The van der Waals surface area contributed by atoms with Gasteiger partial charge >= 0.3 is 5.97 Å². The maximum Gasteiger partial charge on any atom is 0.308 e. The second-order valence-electron chi connectivity index (χ2n) is 6.11. The van der Waals surface area contributed by atoms with E-state index in [-0.39, 0.29) is 5.97 Å². The Morgan fingerprint density at radius 1 is 1.04 bits per heavy atom. The molecular weight excluding hydrogens is 326 g/mol. The Morgan fingerprint density at radius 3 is 2.54 bits per heavy atom. The summed E-state index contributed by atoms with van der Waals surface area (Å²) < 4.78 is 7.19. The molecule has 0 aliphatic heterocycles. The summed E-state index contributed by atoms with van der Waals surface area (Å²) in [7, 11) is 0. The smallest absolute Gasteiger partial charge is 0.308 e. The lowest BCUT2D eigenvalue weighted by atomic mass is 10.1. The molecule has 0 saturated carbocycles. The average molecular weight is 343 g/mol. The van der Waals surface area contributed by atoms with E-state index in [1.54, 1.807) is 0 Å². The Morgan fingerprint density at radius 2 is 1.85 bits per heavy atom. The van der Waals surface area contributed by atoms with Crippen LogP contribution in [0.15, 0.2) is 67.0 Å². The van der Waals surface area contributed by atoms with E-state index >= 15 is 0 Å². The highest BCUT2D eigenvalue weighted by molar-refractivity contribution is 5.96. The van der Waals surface area contributed by atoms with Crippen molar-refractivity contribution >= 4 is 16.9 Å². The molecule has 4 rings (SSSR count). The fourth-order valence-corrected chi connectivity index (χ4v) is 2.94. The van der Waals surface area contributed by atoms with E-state index in [0.717, 1.165) is 33.4 Å². The number of esters is 1. The molecule has 26 heavy (non-hydrogen) atoms. The maximum absolute atomic E-state index is 11.5. The highest BCUT2D eigenvalue weighted by atomic mass is 16.5. The summed E-state index contributed by atoms with van der Waals surface area (Å²) in [5, 5.41) is 5.48. The molecule has 0 aliphatic carbocycles. The number of aryl methyl sites for hydroxylation is 1. The van der Waals surface area contributed by atoms with Crippen molar-refractivity contribution in [2.75, 3.05) is 0 Å². The largest absolute Gasteiger partial charge is 0.427 e. The Hall–Kier alpha value is -3.47. The number of carbonyl (C=O) groups excluding carboxylic acids is 1. The Balaban J connectivity index is 1.97. The van der Waals surface area contributed by atoms with E-state index in [9.17, 15) is 4.79 Å². The van der Waals surface area contributed by atoms with Gasteiger partial charge in [-0.1, -0.05) is 24.3 Å². The van der Waals surface area contributed by atoms with E-state index in [2.05, 4.69) is 10.1 Å². The predicted molar refractivity (Wildman–Crippen MR) is 100 cm³/mol. The third-order valence-corrected chi connectivity index (χ3v) is 4.11. The lowest BCUT2D eigenvalue weighted by Crippen LogP contribution is -2.02. The van der Waals surface area contributed by atoms with Gasteiger partial charge in [0.1, 0.15) is 5.75 Å². The summed E-state index contributed by atoms with van der Waals surface area (Å²) in [4.78, 5) is 16.0. The zero-order valence-electron chi connectivity index (χ0n) is 14.5. The van der Waals surface area contributed by atoms with Crippen molar-refractivity contribution in [2.24, 2.45) is 0 Å². The second kappa shape index (κ2) is 6.44. The highest BCUT2D eigenvalue weighted by Gasteiger charge is 2.14. The van der Waals surface area contributed by atoms with Crippen LogP contribution in [0.2, 0.25) is 0 Å². The summed E-state index contributed by atoms with van der Waals surface area (Å²) >= 11 is 0. The predicted octanol–water partition coefficient (Wildman–Crippen LogP) is 4.32. The van der Waals surface area contributed by atoms with Crippen LogP contribution >= 0.6 is 0 Å². The minimum atomic E-state index is -0.363. The lowest BCUT2D eigenvalue weighted by Gasteiger charge is -2.09. The van der Waals surface area contributed by atoms with Gasteiger partial charge in [-0.05, 0) is 36.8 Å². The number of aromatic nitrogens is 3. The zero-order chi connectivity index (χ0) is 18.1. The molecule has 5 heteroatoms. The molecule has 0 radical (unpaired) electrons. The van der Waals surface area contributed by atoms with Crippen LogP contribution in [0.4, 0.5) is 0 Å². The number of nitrogens with zero attached hydrogens (tertiary/aromatic N) is 3. The fraction of sp³-hybridized carbons (Fsp3) is 0.0952. The molecule has 4 aromatic rings. The van der Waals surface area contributed by atoms with Crippen molar-refractivity contribution in [2.45, 2.75) is 13.8 Å². The van der Waals surface area contributed by atoms with Gasteiger partial charge in [-0.2, -0.15) is 5.10 Å². The SMILES string of the molecule is CC(=O)Oc1cc(-c2ccc(C)cn2)c2cnn(-c3ccccc3)c2c1. The van der Waals surface area contributed by atoms with E-state index < -0.39 is 0 Å². The van der Waals surface area contributed by atoms with Gasteiger partial charge in [-0.15, -0.1) is 0 Å². The first kappa shape index (κ1) is 16.0. The van der Waals surface area contributed by atoms with Gasteiger partial charge in [0, 0.05) is 30.1 Å². The molecule has 0 fully saturated rings. The molecule has 2 aromatic carbocycles. The quantitative estimate of drug-likeness (QED) is 0.411. The molecule has 0 saturated heterocycles. The monoisotopic (exact) mass is 343 g/mol. The number of benzene rings is 2. The van der Waals surface area contributed by atoms with Crippen molar-refractivity contribution in [3.63, 3.8) is 0 Å². The van der Waals surface area contributed by atoms with Crippen LogP contribution < -0.4 is 4.74 Å². The van der Waals surface area contributed by atoms with Crippen LogP contribution in [-0.4, -0.2) is 20.7 Å². The van der Waals surface area contributed by atoms with Crippen molar-refractivity contribution in [1.29, 1.82) is 0 Å². The van der Waals surface area contributed by atoms with Crippen molar-refractivity contribution in [3.8, 4) is 22.7 Å². The van der Waals surface area contributed by atoms with E-state index in [0.29, 0.717) is 5.75 Å². The van der Waals surface area contributed by atoms with Gasteiger partial charge in [-0.3, -0.25) is 9.78 Å². The highest BCUT2D eigenvalue weighted by Crippen LogP contribution is 2.33. The average Bonchev–Trinajstić information content (AvgIpc) is 3.06. The summed E-state index contributed by atoms with van der Waals surface area (Å²) in [6, 6.07) is 17.5. The van der Waals surface area contributed by atoms with Crippen LogP contribution in [-0.2, 0) is 4.79 Å². The molecule has 0 amide bonds. The van der Waals surface area contributed by atoms with Crippen LogP contribution in [0.3, 0.4) is 0 Å². The molecule has 0 unspecified atom stereocenters. The molecular formula is C21H17N3O2. The Labute approximate surface area is 150 Å². The minimum absolute atomic E-state index is 0.363. The standard InChI is InChI=1S/C21H17N3O2/c1-14-8-9-20(22-12-14)18-10-17(26-15(2)25)11-21-19(18)13-23-24(21)16-6-4-3-5-7-16/h3-13H,1-2H3. The van der Waals surface area contributed by atoms with E-state index in [4.69, 9.17) is 4.74 Å². The summed E-state index contributed by atoms with van der Waals surface area (Å²) in [6.07, 6.45) is 3.64. The summed E-state index contributed by atoms with van der Waals surface area (Å²) in [6.45, 7) is 3.39. The fourth-order valence-electron chi connectivity index (χ4n) is 2.94.